The molecule has 0 radical (unpaired) electrons. The molecule has 0 saturated carbocycles. The second-order valence-corrected chi connectivity index (χ2v) is 23.0. The topological polar surface area (TPSA) is 35.6 Å². The van der Waals surface area contributed by atoms with Crippen molar-refractivity contribution in [1.29, 1.82) is 0 Å². The molecule has 0 amide bonds. The Bertz CT molecular complexity index is 4820. The lowest BCUT2D eigenvalue weighted by Gasteiger charge is -2.22. The smallest absolute Gasteiger partial charge is 0.160 e. The van der Waals surface area contributed by atoms with Crippen LogP contribution in [0.3, 0.4) is 0 Å². The van der Waals surface area contributed by atoms with Gasteiger partial charge in [0.05, 0.1) is 33.5 Å². The maximum absolute atomic E-state index is 5.21. The monoisotopic (exact) mass is 1020 g/mol. The first-order valence-electron chi connectivity index (χ1n) is 27.9. The fourth-order valence-electron chi connectivity index (χ4n) is 13.7. The van der Waals surface area contributed by atoms with Gasteiger partial charge in [0.2, 0.25) is 0 Å². The second-order valence-electron chi connectivity index (χ2n) is 23.0. The van der Waals surface area contributed by atoms with Crippen LogP contribution in [0.2, 0.25) is 0 Å². The summed E-state index contributed by atoms with van der Waals surface area (Å²) in [6.07, 6.45) is 0. The molecule has 0 aliphatic heterocycles. The molecule has 16 rings (SSSR count). The number of fused-ring (bicyclic) bond motifs is 12. The van der Waals surface area contributed by atoms with Crippen LogP contribution in [0.25, 0.3) is 133 Å². The zero-order valence-corrected chi connectivity index (χ0v) is 45.0. The van der Waals surface area contributed by atoms with Crippen molar-refractivity contribution in [2.45, 2.75) is 38.5 Å². The summed E-state index contributed by atoms with van der Waals surface area (Å²) < 4.78 is 4.95. The Morgan fingerprint density at radius 3 is 1.16 bits per heavy atom. The van der Waals surface area contributed by atoms with E-state index in [9.17, 15) is 0 Å². The first-order valence-corrected chi connectivity index (χ1v) is 27.9. The van der Waals surface area contributed by atoms with Crippen LogP contribution < -0.4 is 0 Å². The van der Waals surface area contributed by atoms with Gasteiger partial charge in [-0.15, -0.1) is 0 Å². The lowest BCUT2D eigenvalue weighted by atomic mass is 9.82. The Labute approximate surface area is 465 Å². The molecule has 0 saturated heterocycles. The third kappa shape index (κ3) is 6.95. The summed E-state index contributed by atoms with van der Waals surface area (Å²) in [5, 5.41) is 4.88. The summed E-state index contributed by atoms with van der Waals surface area (Å²) in [4.78, 5) is 10.4. The van der Waals surface area contributed by atoms with Crippen molar-refractivity contribution in [3.8, 4) is 89.8 Å². The molecule has 2 aliphatic rings. The molecule has 2 aliphatic carbocycles. The molecule has 3 aromatic heterocycles. The van der Waals surface area contributed by atoms with Crippen LogP contribution in [0, 0.1) is 0 Å². The molecule has 0 fully saturated rings. The van der Waals surface area contributed by atoms with Crippen molar-refractivity contribution in [3.63, 3.8) is 0 Å². The fourth-order valence-corrected chi connectivity index (χ4v) is 13.7. The number of aromatic nitrogens is 4. The van der Waals surface area contributed by atoms with Gasteiger partial charge in [0.1, 0.15) is 0 Å². The Morgan fingerprint density at radius 1 is 0.263 bits per heavy atom. The van der Waals surface area contributed by atoms with Crippen molar-refractivity contribution in [3.05, 3.63) is 277 Å². The normalized spacial score (nSPS) is 13.7. The molecule has 11 aromatic carbocycles. The zero-order chi connectivity index (χ0) is 53.4. The molecule has 0 unspecified atom stereocenters. The largest absolute Gasteiger partial charge is 0.309 e. The highest BCUT2D eigenvalue weighted by Gasteiger charge is 2.37. The Kier molecular flexibility index (Phi) is 9.99. The van der Waals surface area contributed by atoms with Crippen LogP contribution in [0.5, 0.6) is 0 Å². The SMILES string of the molecule is CC1(C)c2ccccc2-c2ccc(-n3c4ccccc4c4cc(-c5ccc6c(c5)c5cc(-c7cccc(-c8nc(-c9ccccc9)cc(-c9ccccc9)n8)c7)ccc5n6-c5ccc6c(c5)C(C)(C)c5ccccc5-6)ccc43)cc21. The van der Waals surface area contributed by atoms with E-state index >= 15 is 0 Å². The summed E-state index contributed by atoms with van der Waals surface area (Å²) in [6, 6.07) is 93.7. The molecular formula is C76H54N4. The highest BCUT2D eigenvalue weighted by molar-refractivity contribution is 6.13. The van der Waals surface area contributed by atoms with E-state index in [2.05, 4.69) is 279 Å². The van der Waals surface area contributed by atoms with E-state index in [0.717, 1.165) is 50.4 Å². The van der Waals surface area contributed by atoms with E-state index in [4.69, 9.17) is 9.97 Å². The van der Waals surface area contributed by atoms with E-state index in [0.29, 0.717) is 5.82 Å². The molecule has 0 atom stereocenters. The zero-order valence-electron chi connectivity index (χ0n) is 45.0. The molecule has 4 heteroatoms. The first kappa shape index (κ1) is 46.2. The first-order chi connectivity index (χ1) is 39.2. The Hall–Kier alpha value is -9.90. The van der Waals surface area contributed by atoms with E-state index in [1.807, 2.05) is 12.1 Å². The van der Waals surface area contributed by atoms with E-state index in [1.165, 1.54) is 99.4 Å². The van der Waals surface area contributed by atoms with Crippen LogP contribution in [0.1, 0.15) is 49.9 Å². The van der Waals surface area contributed by atoms with Gasteiger partial charge in [0.25, 0.3) is 0 Å². The third-order valence-electron chi connectivity index (χ3n) is 17.7. The van der Waals surface area contributed by atoms with E-state index in [-0.39, 0.29) is 10.8 Å². The van der Waals surface area contributed by atoms with Gasteiger partial charge >= 0.3 is 0 Å². The number of hydrogen-bond donors (Lipinski definition) is 0. The number of nitrogens with zero attached hydrogens (tertiary/aromatic N) is 4. The summed E-state index contributed by atoms with van der Waals surface area (Å²) in [5.41, 5.74) is 27.1. The average molecular weight is 1020 g/mol. The van der Waals surface area contributed by atoms with Crippen molar-refractivity contribution in [2.75, 3.05) is 0 Å². The number of rotatable bonds is 7. The average Bonchev–Trinajstić information content (AvgIpc) is 4.38. The van der Waals surface area contributed by atoms with E-state index < -0.39 is 0 Å². The number of hydrogen-bond acceptors (Lipinski definition) is 2. The standard InChI is InChI=1S/C76H54N4/c1-75(2)64-27-14-11-24-56(64)58-35-33-54(44-66(58)75)79-70-29-16-13-26-60(70)61-41-51(31-37-71(61)79)52-32-39-73-63(43-52)62-42-50(30-38-72(62)80(73)55-34-36-59-57-25-12-15-28-65(57)76(3,4)67(59)45-55)49-22-17-23-53(40-49)74-77-68(47-18-7-5-8-19-47)46-69(78-74)48-20-9-6-10-21-48/h5-46H,1-4H3. The summed E-state index contributed by atoms with van der Waals surface area (Å²) in [6.45, 7) is 9.46. The minimum Gasteiger partial charge on any atom is -0.309 e. The van der Waals surface area contributed by atoms with Crippen molar-refractivity contribution >= 4 is 43.6 Å². The van der Waals surface area contributed by atoms with Gasteiger partial charge in [-0.25, -0.2) is 9.97 Å². The van der Waals surface area contributed by atoms with Gasteiger partial charge in [-0.05, 0) is 146 Å². The van der Waals surface area contributed by atoms with Crippen LogP contribution in [-0.2, 0) is 10.8 Å². The highest BCUT2D eigenvalue weighted by atomic mass is 15.0. The second kappa shape index (κ2) is 17.3. The molecule has 80 heavy (non-hydrogen) atoms. The third-order valence-corrected chi connectivity index (χ3v) is 17.7. The summed E-state index contributed by atoms with van der Waals surface area (Å²) in [7, 11) is 0. The maximum Gasteiger partial charge on any atom is 0.160 e. The lowest BCUT2D eigenvalue weighted by molar-refractivity contribution is 0.660. The van der Waals surface area contributed by atoms with Crippen molar-refractivity contribution in [1.82, 2.24) is 19.1 Å². The molecule has 0 spiro atoms. The quantitative estimate of drug-likeness (QED) is 0.159. The lowest BCUT2D eigenvalue weighted by Crippen LogP contribution is -2.15. The van der Waals surface area contributed by atoms with Crippen molar-refractivity contribution < 1.29 is 0 Å². The maximum atomic E-state index is 5.21. The minimum atomic E-state index is -0.136. The minimum absolute atomic E-state index is 0.0963. The van der Waals surface area contributed by atoms with Crippen LogP contribution in [-0.4, -0.2) is 19.1 Å². The number of benzene rings is 11. The highest BCUT2D eigenvalue weighted by Crippen LogP contribution is 2.51. The summed E-state index contributed by atoms with van der Waals surface area (Å²) in [5.74, 6) is 0.693. The van der Waals surface area contributed by atoms with Gasteiger partial charge in [0.15, 0.2) is 5.82 Å². The molecule has 14 aromatic rings. The molecule has 0 bridgehead atoms. The van der Waals surface area contributed by atoms with Crippen LogP contribution >= 0.6 is 0 Å². The molecule has 4 nitrogen and oxygen atoms in total. The molecular weight excluding hydrogens is 969 g/mol. The van der Waals surface area contributed by atoms with Gasteiger partial charge in [0, 0.05) is 60.4 Å². The molecule has 0 N–H and O–H groups in total. The molecule has 3 heterocycles. The van der Waals surface area contributed by atoms with Gasteiger partial charge in [-0.2, -0.15) is 0 Å². The van der Waals surface area contributed by atoms with Gasteiger partial charge in [-0.1, -0.05) is 204 Å². The fraction of sp³-hybridized carbons (Fsp3) is 0.0789. The van der Waals surface area contributed by atoms with Gasteiger partial charge < -0.3 is 9.13 Å². The predicted molar refractivity (Wildman–Crippen MR) is 333 cm³/mol. The summed E-state index contributed by atoms with van der Waals surface area (Å²) >= 11 is 0. The van der Waals surface area contributed by atoms with Crippen LogP contribution in [0.4, 0.5) is 0 Å². The molecule has 378 valence electrons. The predicted octanol–water partition coefficient (Wildman–Crippen LogP) is 19.6. The Morgan fingerprint density at radius 2 is 0.650 bits per heavy atom. The van der Waals surface area contributed by atoms with Crippen LogP contribution in [0.15, 0.2) is 255 Å². The van der Waals surface area contributed by atoms with E-state index in [1.54, 1.807) is 0 Å². The number of para-hydroxylation sites is 1. The van der Waals surface area contributed by atoms with Crippen molar-refractivity contribution in [2.24, 2.45) is 0 Å². The Balaban J connectivity index is 0.852. The van der Waals surface area contributed by atoms with Gasteiger partial charge in [-0.3, -0.25) is 0 Å².